The van der Waals surface area contributed by atoms with E-state index in [1.165, 1.54) is 0 Å². The number of anilines is 1. The highest BCUT2D eigenvalue weighted by Crippen LogP contribution is 2.28. The lowest BCUT2D eigenvalue weighted by Crippen LogP contribution is -2.41. The fraction of sp³-hybridized carbons (Fsp3) is 0.550. The fourth-order valence-corrected chi connectivity index (χ4v) is 2.35. The molecular formula is C20H32IN5O2. The van der Waals surface area contributed by atoms with Gasteiger partial charge < -0.3 is 21.3 Å². The molecule has 2 rings (SSSR count). The van der Waals surface area contributed by atoms with Crippen molar-refractivity contribution in [1.82, 2.24) is 16.0 Å². The number of nitrogens with one attached hydrogen (secondary N) is 4. The second-order valence-electron chi connectivity index (χ2n) is 7.03. The smallest absolute Gasteiger partial charge is 0.226 e. The third-order valence-corrected chi connectivity index (χ3v) is 4.17. The van der Waals surface area contributed by atoms with E-state index in [1.54, 1.807) is 0 Å². The zero-order valence-corrected chi connectivity index (χ0v) is 19.2. The first kappa shape index (κ1) is 24.2. The Kier molecular flexibility index (Phi) is 10.9. The molecule has 0 aliphatic heterocycles. The molecule has 0 atom stereocenters. The first-order valence-corrected chi connectivity index (χ1v) is 9.69. The van der Waals surface area contributed by atoms with Crippen molar-refractivity contribution >= 4 is 47.4 Å². The summed E-state index contributed by atoms with van der Waals surface area (Å²) in [5.74, 6) is 1.07. The molecule has 2 amide bonds. The van der Waals surface area contributed by atoms with Crippen LogP contribution < -0.4 is 21.3 Å². The molecule has 1 saturated carbocycles. The number of amides is 2. The molecule has 0 spiro atoms. The number of carbonyl (C=O) groups excluding carboxylic acids is 2. The summed E-state index contributed by atoms with van der Waals surface area (Å²) in [7, 11) is 0. The van der Waals surface area contributed by atoms with Crippen molar-refractivity contribution in [3.8, 4) is 0 Å². The molecule has 7 nitrogen and oxygen atoms in total. The van der Waals surface area contributed by atoms with Crippen molar-refractivity contribution in [2.45, 2.75) is 40.2 Å². The molecule has 1 aliphatic carbocycles. The molecule has 0 bridgehead atoms. The van der Waals surface area contributed by atoms with Crippen molar-refractivity contribution in [2.24, 2.45) is 16.8 Å². The first-order valence-electron chi connectivity index (χ1n) is 9.69. The Morgan fingerprint density at radius 3 is 2.29 bits per heavy atom. The molecule has 28 heavy (non-hydrogen) atoms. The van der Waals surface area contributed by atoms with E-state index in [9.17, 15) is 9.59 Å². The summed E-state index contributed by atoms with van der Waals surface area (Å²) in [4.78, 5) is 27.9. The number of aliphatic imine (C=N–C) groups is 1. The van der Waals surface area contributed by atoms with Crippen molar-refractivity contribution in [3.63, 3.8) is 0 Å². The normalized spacial score (nSPS) is 13.5. The summed E-state index contributed by atoms with van der Waals surface area (Å²) in [5.41, 5.74) is 1.84. The highest BCUT2D eigenvalue weighted by molar-refractivity contribution is 14.0. The predicted octanol–water partition coefficient (Wildman–Crippen LogP) is 2.48. The van der Waals surface area contributed by atoms with Crippen LogP contribution in [0.1, 0.15) is 39.2 Å². The molecule has 1 aliphatic rings. The average molecular weight is 501 g/mol. The minimum atomic E-state index is -0.0444. The van der Waals surface area contributed by atoms with E-state index < -0.39 is 0 Å². The van der Waals surface area contributed by atoms with Crippen LogP contribution in [0.2, 0.25) is 0 Å². The van der Waals surface area contributed by atoms with Gasteiger partial charge in [0.15, 0.2) is 5.96 Å². The monoisotopic (exact) mass is 501 g/mol. The van der Waals surface area contributed by atoms with Crippen molar-refractivity contribution in [3.05, 3.63) is 29.8 Å². The minimum absolute atomic E-state index is 0. The third kappa shape index (κ3) is 8.90. The van der Waals surface area contributed by atoms with E-state index >= 15 is 0 Å². The van der Waals surface area contributed by atoms with Gasteiger partial charge in [-0.15, -0.1) is 24.0 Å². The Bertz CT molecular complexity index is 657. The van der Waals surface area contributed by atoms with Crippen molar-refractivity contribution in [2.75, 3.05) is 25.0 Å². The quantitative estimate of drug-likeness (QED) is 0.181. The van der Waals surface area contributed by atoms with E-state index in [-0.39, 0.29) is 47.6 Å². The summed E-state index contributed by atoms with van der Waals surface area (Å²) in [6.07, 6.45) is 2.03. The molecule has 0 heterocycles. The molecular weight excluding hydrogens is 469 g/mol. The van der Waals surface area contributed by atoms with Crippen LogP contribution in [-0.2, 0) is 16.1 Å². The van der Waals surface area contributed by atoms with E-state index in [0.717, 1.165) is 36.6 Å². The van der Waals surface area contributed by atoms with Crippen LogP contribution in [-0.4, -0.2) is 37.4 Å². The molecule has 156 valence electrons. The Hall–Kier alpha value is -1.84. The summed E-state index contributed by atoms with van der Waals surface area (Å²) in [6, 6.07) is 7.69. The molecule has 1 aromatic rings. The van der Waals surface area contributed by atoms with Crippen LogP contribution in [0, 0.1) is 11.8 Å². The molecule has 0 radical (unpaired) electrons. The maximum Gasteiger partial charge on any atom is 0.226 e. The lowest BCUT2D eigenvalue weighted by atomic mass is 10.2. The molecule has 4 N–H and O–H groups in total. The van der Waals surface area contributed by atoms with Gasteiger partial charge in [0.1, 0.15) is 0 Å². The maximum absolute atomic E-state index is 11.7. The summed E-state index contributed by atoms with van der Waals surface area (Å²) < 4.78 is 0. The number of nitrogens with zero attached hydrogens (tertiary/aromatic N) is 1. The van der Waals surface area contributed by atoms with Gasteiger partial charge in [-0.25, -0.2) is 4.99 Å². The van der Waals surface area contributed by atoms with Crippen molar-refractivity contribution in [1.29, 1.82) is 0 Å². The molecule has 0 aromatic heterocycles. The molecule has 8 heteroatoms. The summed E-state index contributed by atoms with van der Waals surface area (Å²) >= 11 is 0. The van der Waals surface area contributed by atoms with Gasteiger partial charge in [-0.1, -0.05) is 26.0 Å². The molecule has 1 fully saturated rings. The Morgan fingerprint density at radius 2 is 1.71 bits per heavy atom. The van der Waals surface area contributed by atoms with Crippen LogP contribution in [0.15, 0.2) is 29.3 Å². The zero-order chi connectivity index (χ0) is 19.6. The number of hydrogen-bond donors (Lipinski definition) is 4. The maximum atomic E-state index is 11.7. The highest BCUT2D eigenvalue weighted by atomic mass is 127. The van der Waals surface area contributed by atoms with E-state index in [2.05, 4.69) is 26.3 Å². The van der Waals surface area contributed by atoms with Gasteiger partial charge >= 0.3 is 0 Å². The van der Waals surface area contributed by atoms with Gasteiger partial charge in [0.2, 0.25) is 11.8 Å². The Balaban J connectivity index is 0.00000392. The average Bonchev–Trinajstić information content (AvgIpc) is 3.49. The SMILES string of the molecule is CCNC(=NCc1ccc(NC(=O)C(C)C)cc1)NCCNC(=O)C1CC1.I. The highest BCUT2D eigenvalue weighted by Gasteiger charge is 2.28. The topological polar surface area (TPSA) is 94.6 Å². The zero-order valence-electron chi connectivity index (χ0n) is 16.9. The van der Waals surface area contributed by atoms with Gasteiger partial charge in [-0.05, 0) is 37.5 Å². The van der Waals surface area contributed by atoms with Gasteiger partial charge in [-0.3, -0.25) is 9.59 Å². The number of rotatable bonds is 9. The first-order chi connectivity index (χ1) is 13.0. The Labute approximate surface area is 184 Å². The second-order valence-corrected chi connectivity index (χ2v) is 7.03. The number of halogens is 1. The van der Waals surface area contributed by atoms with Gasteiger partial charge in [0.05, 0.1) is 6.54 Å². The van der Waals surface area contributed by atoms with Crippen LogP contribution >= 0.6 is 24.0 Å². The standard InChI is InChI=1S/C20H31N5O2.HI/c1-4-21-20(23-12-11-22-19(27)16-7-8-16)24-13-15-5-9-17(10-6-15)25-18(26)14(2)3;/h5-6,9-10,14,16H,4,7-8,11-13H2,1-3H3,(H,22,27)(H,25,26)(H2,21,23,24);1H. The Morgan fingerprint density at radius 1 is 1.07 bits per heavy atom. The van der Waals surface area contributed by atoms with E-state index in [0.29, 0.717) is 19.6 Å². The fourth-order valence-electron chi connectivity index (χ4n) is 2.35. The van der Waals surface area contributed by atoms with Crippen LogP contribution in [0.3, 0.4) is 0 Å². The number of benzene rings is 1. The lowest BCUT2D eigenvalue weighted by molar-refractivity contribution is -0.122. The summed E-state index contributed by atoms with van der Waals surface area (Å²) in [6.45, 7) is 8.26. The lowest BCUT2D eigenvalue weighted by Gasteiger charge is -2.12. The number of carbonyl (C=O) groups is 2. The van der Waals surface area contributed by atoms with Crippen LogP contribution in [0.25, 0.3) is 0 Å². The van der Waals surface area contributed by atoms with E-state index in [4.69, 9.17) is 0 Å². The number of guanidine groups is 1. The van der Waals surface area contributed by atoms with Gasteiger partial charge in [-0.2, -0.15) is 0 Å². The predicted molar refractivity (Wildman–Crippen MR) is 124 cm³/mol. The van der Waals surface area contributed by atoms with Crippen LogP contribution in [0.4, 0.5) is 5.69 Å². The van der Waals surface area contributed by atoms with Crippen molar-refractivity contribution < 1.29 is 9.59 Å². The molecule has 0 unspecified atom stereocenters. The largest absolute Gasteiger partial charge is 0.357 e. The third-order valence-electron chi connectivity index (χ3n) is 4.17. The van der Waals surface area contributed by atoms with Gasteiger partial charge in [0, 0.05) is 37.2 Å². The molecule has 1 aromatic carbocycles. The minimum Gasteiger partial charge on any atom is -0.357 e. The number of hydrogen-bond acceptors (Lipinski definition) is 3. The van der Waals surface area contributed by atoms with Crippen LogP contribution in [0.5, 0.6) is 0 Å². The van der Waals surface area contributed by atoms with E-state index in [1.807, 2.05) is 45.0 Å². The summed E-state index contributed by atoms with van der Waals surface area (Å²) in [5, 5.41) is 12.2. The van der Waals surface area contributed by atoms with Gasteiger partial charge in [0.25, 0.3) is 0 Å². The second kappa shape index (κ2) is 12.6. The molecule has 0 saturated heterocycles.